The van der Waals surface area contributed by atoms with Crippen molar-refractivity contribution in [2.75, 3.05) is 56.6 Å². The van der Waals surface area contributed by atoms with E-state index in [4.69, 9.17) is 0 Å². The number of hydrogen-bond acceptors (Lipinski definition) is 7. The van der Waals surface area contributed by atoms with E-state index < -0.39 is 17.7 Å². The average Bonchev–Trinajstić information content (AvgIpc) is 3.78. The predicted octanol–water partition coefficient (Wildman–Crippen LogP) is 4.04. The van der Waals surface area contributed by atoms with E-state index in [1.807, 2.05) is 18.3 Å². The Bertz CT molecular complexity index is 1820. The van der Waals surface area contributed by atoms with Gasteiger partial charge in [0, 0.05) is 81.7 Å². The lowest BCUT2D eigenvalue weighted by atomic mass is 9.80. The van der Waals surface area contributed by atoms with Crippen LogP contribution in [-0.2, 0) is 13.6 Å². The molecule has 2 bridgehead atoms. The molecule has 3 aliphatic carbocycles. The molecule has 10 nitrogen and oxygen atoms in total. The summed E-state index contributed by atoms with van der Waals surface area (Å²) in [4.78, 5) is 38.0. The number of aryl methyl sites for hydroxylation is 1. The third kappa shape index (κ3) is 4.79. The predicted molar refractivity (Wildman–Crippen MR) is 174 cm³/mol. The van der Waals surface area contributed by atoms with Gasteiger partial charge in [0.1, 0.15) is 23.0 Å². The molecule has 0 radical (unpaired) electrons. The van der Waals surface area contributed by atoms with Gasteiger partial charge < -0.3 is 34.3 Å². The first-order chi connectivity index (χ1) is 22.3. The van der Waals surface area contributed by atoms with E-state index in [9.17, 15) is 14.7 Å². The number of aliphatic hydroxyl groups is 1. The Labute approximate surface area is 267 Å². The molecule has 2 fully saturated rings. The number of hydrogen-bond donors (Lipinski definition) is 2. The summed E-state index contributed by atoms with van der Waals surface area (Å²) in [7, 11) is 3.77. The van der Waals surface area contributed by atoms with Crippen molar-refractivity contribution in [3.63, 3.8) is 0 Å². The Morgan fingerprint density at radius 2 is 1.83 bits per heavy atom. The highest BCUT2D eigenvalue weighted by molar-refractivity contribution is 5.95. The summed E-state index contributed by atoms with van der Waals surface area (Å²) in [6.45, 7) is 4.63. The Balaban J connectivity index is 1.05. The van der Waals surface area contributed by atoms with Gasteiger partial charge in [0.05, 0.1) is 18.5 Å². The minimum absolute atomic E-state index is 0.146. The van der Waals surface area contributed by atoms with E-state index >= 15 is 4.39 Å². The van der Waals surface area contributed by atoms with Gasteiger partial charge in [-0.1, -0.05) is 0 Å². The van der Waals surface area contributed by atoms with Crippen LogP contribution in [-0.4, -0.2) is 81.3 Å². The number of aliphatic hydroxyl groups excluding tert-OH is 1. The van der Waals surface area contributed by atoms with Gasteiger partial charge in [-0.3, -0.25) is 9.59 Å². The molecular formula is C35H40FN7O3. The zero-order valence-electron chi connectivity index (χ0n) is 26.3. The molecular weight excluding hydrogens is 585 g/mol. The minimum atomic E-state index is -0.590. The molecule has 4 atom stereocenters. The number of anilines is 3. The molecule has 11 heteroatoms. The zero-order chi connectivity index (χ0) is 31.7. The van der Waals surface area contributed by atoms with Gasteiger partial charge >= 0.3 is 0 Å². The normalized spacial score (nSPS) is 25.8. The third-order valence-corrected chi connectivity index (χ3v) is 10.9. The van der Waals surface area contributed by atoms with Gasteiger partial charge in [0.25, 0.3) is 11.5 Å². The summed E-state index contributed by atoms with van der Waals surface area (Å²) in [6.07, 6.45) is 9.91. The molecule has 3 aromatic rings. The van der Waals surface area contributed by atoms with Gasteiger partial charge in [0.2, 0.25) is 0 Å². The largest absolute Gasteiger partial charge is 0.396 e. The summed E-state index contributed by atoms with van der Waals surface area (Å²) in [6, 6.07) is 7.63. The van der Waals surface area contributed by atoms with Crippen LogP contribution in [0.15, 0.2) is 65.1 Å². The third-order valence-electron chi connectivity index (χ3n) is 10.9. The Hall–Kier alpha value is -4.22. The number of nitrogens with zero attached hydrogens (tertiary/aromatic N) is 6. The van der Waals surface area contributed by atoms with Crippen LogP contribution in [0.25, 0.3) is 0 Å². The van der Waals surface area contributed by atoms with Crippen LogP contribution in [0.1, 0.15) is 64.3 Å². The molecule has 8 rings (SSSR count). The summed E-state index contributed by atoms with van der Waals surface area (Å²) in [5.41, 5.74) is 5.52. The van der Waals surface area contributed by atoms with Gasteiger partial charge in [-0.25, -0.2) is 9.37 Å². The van der Waals surface area contributed by atoms with Crippen LogP contribution >= 0.6 is 0 Å². The Morgan fingerprint density at radius 3 is 2.59 bits per heavy atom. The molecule has 2 N–H and O–H groups in total. The second-order valence-electron chi connectivity index (χ2n) is 13.5. The van der Waals surface area contributed by atoms with Crippen LogP contribution in [0.4, 0.5) is 21.6 Å². The molecule has 0 spiro atoms. The van der Waals surface area contributed by atoms with Crippen molar-refractivity contribution in [2.24, 2.45) is 13.0 Å². The first-order valence-corrected chi connectivity index (χ1v) is 16.4. The van der Waals surface area contributed by atoms with Gasteiger partial charge in [-0.15, -0.1) is 0 Å². The smallest absolute Gasteiger partial charge is 0.274 e. The summed E-state index contributed by atoms with van der Waals surface area (Å²) in [5, 5.41) is 13.9. The number of carbonyl (C=O) groups excluding carboxylic acids is 1. The standard InChI is InChI=1S/C35H40FN7O3/c1-39-7-9-41(10-8-39)25-5-6-32(37-18-25)38-29-14-23(19-40(2)34(29)45)26-15-24(36)16-30(28(26)20-44)43-12-11-42-31(35(43)46)17-27-21-3-4-22(13-21)33(27)42/h5-6,14-19,21-22,26,28,44H,3-4,7-13,20H2,1-2H3,(H,37,38). The highest BCUT2D eigenvalue weighted by Crippen LogP contribution is 2.54. The van der Waals surface area contributed by atoms with E-state index in [1.54, 1.807) is 24.2 Å². The van der Waals surface area contributed by atoms with Crippen molar-refractivity contribution in [3.8, 4) is 0 Å². The molecule has 1 saturated heterocycles. The SMILES string of the molecule is CN1CCN(c2ccc(Nc3cc(C4C=C(F)C=C(N5CCn6c(cc7c6C6CCC7C6)C5=O)C4CO)cn(C)c3=O)nc2)CC1. The lowest BCUT2D eigenvalue weighted by molar-refractivity contribution is 0.0721. The maximum Gasteiger partial charge on any atom is 0.274 e. The molecule has 2 aliphatic heterocycles. The van der Waals surface area contributed by atoms with Gasteiger partial charge in [0.15, 0.2) is 0 Å². The molecule has 5 aliphatic rings. The van der Waals surface area contributed by atoms with Crippen molar-refractivity contribution < 1.29 is 14.3 Å². The number of allylic oxidation sites excluding steroid dienone is 3. The van der Waals surface area contributed by atoms with Crippen molar-refractivity contribution in [2.45, 2.75) is 43.6 Å². The second kappa shape index (κ2) is 11.2. The number of likely N-dealkylation sites (N-methyl/N-ethyl adjacent to an activating group) is 1. The fraction of sp³-hybridized carbons (Fsp3) is 0.457. The van der Waals surface area contributed by atoms with Crippen molar-refractivity contribution in [1.82, 2.24) is 23.9 Å². The minimum Gasteiger partial charge on any atom is -0.396 e. The summed E-state index contributed by atoms with van der Waals surface area (Å²) in [5.74, 6) is -0.170. The Kier molecular flexibility index (Phi) is 7.13. The number of piperazine rings is 1. The lowest BCUT2D eigenvalue weighted by Gasteiger charge is -2.38. The fourth-order valence-electron chi connectivity index (χ4n) is 8.43. The summed E-state index contributed by atoms with van der Waals surface area (Å²) < 4.78 is 19.1. The number of rotatable bonds is 6. The van der Waals surface area contributed by atoms with E-state index in [0.29, 0.717) is 53.4 Å². The first-order valence-electron chi connectivity index (χ1n) is 16.4. The number of nitrogens with one attached hydrogen (secondary N) is 1. The average molecular weight is 626 g/mol. The second-order valence-corrected chi connectivity index (χ2v) is 13.5. The van der Waals surface area contributed by atoms with Crippen LogP contribution in [0, 0.1) is 5.92 Å². The molecule has 0 aromatic carbocycles. The zero-order valence-corrected chi connectivity index (χ0v) is 26.3. The Morgan fingerprint density at radius 1 is 1.02 bits per heavy atom. The maximum atomic E-state index is 15.4. The van der Waals surface area contributed by atoms with E-state index in [2.05, 4.69) is 37.8 Å². The van der Waals surface area contributed by atoms with E-state index in [1.165, 1.54) is 47.2 Å². The highest BCUT2D eigenvalue weighted by Gasteiger charge is 2.44. The van der Waals surface area contributed by atoms with Crippen LogP contribution < -0.4 is 15.8 Å². The van der Waals surface area contributed by atoms with Crippen molar-refractivity contribution in [1.29, 1.82) is 0 Å². The molecule has 3 aromatic heterocycles. The monoisotopic (exact) mass is 625 g/mol. The molecule has 5 heterocycles. The maximum absolute atomic E-state index is 15.4. The fourth-order valence-corrected chi connectivity index (χ4v) is 8.43. The van der Waals surface area contributed by atoms with Crippen molar-refractivity contribution in [3.05, 3.63) is 93.2 Å². The molecule has 46 heavy (non-hydrogen) atoms. The number of halogens is 1. The van der Waals surface area contributed by atoms with Crippen LogP contribution in [0.2, 0.25) is 0 Å². The number of aromatic nitrogens is 3. The quantitative estimate of drug-likeness (QED) is 0.427. The summed E-state index contributed by atoms with van der Waals surface area (Å²) >= 11 is 0. The van der Waals surface area contributed by atoms with Crippen LogP contribution in [0.5, 0.6) is 0 Å². The molecule has 4 unspecified atom stereocenters. The van der Waals surface area contributed by atoms with E-state index in [0.717, 1.165) is 31.9 Å². The van der Waals surface area contributed by atoms with Crippen LogP contribution in [0.3, 0.4) is 0 Å². The first kappa shape index (κ1) is 29.2. The van der Waals surface area contributed by atoms with E-state index in [-0.39, 0.29) is 18.1 Å². The lowest BCUT2D eigenvalue weighted by Crippen LogP contribution is -2.44. The number of carbonyl (C=O) groups is 1. The topological polar surface area (TPSA) is 98.9 Å². The number of fused-ring (bicyclic) bond motifs is 7. The van der Waals surface area contributed by atoms with Gasteiger partial charge in [-0.05, 0) is 79.8 Å². The molecule has 1 amide bonds. The van der Waals surface area contributed by atoms with Gasteiger partial charge in [-0.2, -0.15) is 0 Å². The number of pyridine rings is 2. The van der Waals surface area contributed by atoms with Crippen molar-refractivity contribution >= 4 is 23.1 Å². The molecule has 240 valence electrons. The molecule has 1 saturated carbocycles. The highest BCUT2D eigenvalue weighted by atomic mass is 19.1. The number of amides is 1.